The minimum Gasteiger partial charge on any atom is -0.481 e. The largest absolute Gasteiger partial charge is 0.481 e. The third-order valence-electron chi connectivity index (χ3n) is 6.64. The summed E-state index contributed by atoms with van der Waals surface area (Å²) in [5.74, 6) is 2.57. The number of benzene rings is 1. The SMILES string of the molecule is COc1cc(N2CCCC(C)C2)nc(NC(=S)NCC2(c3ccccc3)CCCC2)n1. The predicted octanol–water partition coefficient (Wildman–Crippen LogP) is 4.52. The summed E-state index contributed by atoms with van der Waals surface area (Å²) >= 11 is 5.61. The van der Waals surface area contributed by atoms with Gasteiger partial charge in [-0.3, -0.25) is 0 Å². The van der Waals surface area contributed by atoms with E-state index in [0.29, 0.717) is 22.9 Å². The van der Waals surface area contributed by atoms with E-state index >= 15 is 0 Å². The van der Waals surface area contributed by atoms with Gasteiger partial charge in [0.15, 0.2) is 5.11 Å². The van der Waals surface area contributed by atoms with Gasteiger partial charge >= 0.3 is 0 Å². The maximum Gasteiger partial charge on any atom is 0.234 e. The van der Waals surface area contributed by atoms with E-state index in [4.69, 9.17) is 21.9 Å². The molecule has 31 heavy (non-hydrogen) atoms. The lowest BCUT2D eigenvalue weighted by Crippen LogP contribution is -2.41. The Labute approximate surface area is 190 Å². The van der Waals surface area contributed by atoms with E-state index in [-0.39, 0.29) is 5.41 Å². The highest BCUT2D eigenvalue weighted by atomic mass is 32.1. The van der Waals surface area contributed by atoms with Gasteiger partial charge < -0.3 is 20.3 Å². The van der Waals surface area contributed by atoms with Gasteiger partial charge in [0.25, 0.3) is 0 Å². The summed E-state index contributed by atoms with van der Waals surface area (Å²) in [6, 6.07) is 12.7. The molecule has 1 saturated heterocycles. The molecule has 1 saturated carbocycles. The molecule has 2 fully saturated rings. The van der Waals surface area contributed by atoms with Crippen LogP contribution in [0.1, 0.15) is 51.0 Å². The fourth-order valence-electron chi connectivity index (χ4n) is 4.94. The summed E-state index contributed by atoms with van der Waals surface area (Å²) in [6.45, 7) is 5.10. The van der Waals surface area contributed by atoms with Gasteiger partial charge in [0.2, 0.25) is 11.8 Å². The molecule has 1 aliphatic heterocycles. The first-order valence-electron chi connectivity index (χ1n) is 11.4. The van der Waals surface area contributed by atoms with Crippen molar-refractivity contribution >= 4 is 29.1 Å². The highest BCUT2D eigenvalue weighted by Crippen LogP contribution is 2.40. The molecule has 2 N–H and O–H groups in total. The Hall–Kier alpha value is -2.41. The first-order valence-corrected chi connectivity index (χ1v) is 11.8. The summed E-state index contributed by atoms with van der Waals surface area (Å²) < 4.78 is 5.43. The Kier molecular flexibility index (Phi) is 6.90. The number of hydrogen-bond donors (Lipinski definition) is 2. The van der Waals surface area contributed by atoms with Crippen LogP contribution in [0.3, 0.4) is 0 Å². The quantitative estimate of drug-likeness (QED) is 0.642. The lowest BCUT2D eigenvalue weighted by Gasteiger charge is -2.32. The number of rotatable bonds is 6. The van der Waals surface area contributed by atoms with Crippen LogP contribution in [0, 0.1) is 5.92 Å². The van der Waals surface area contributed by atoms with Crippen molar-refractivity contribution in [3.05, 3.63) is 42.0 Å². The summed E-state index contributed by atoms with van der Waals surface area (Å²) in [7, 11) is 1.63. The highest BCUT2D eigenvalue weighted by Gasteiger charge is 2.35. The first kappa shape index (κ1) is 21.8. The zero-order valence-corrected chi connectivity index (χ0v) is 19.4. The van der Waals surface area contributed by atoms with Gasteiger partial charge in [0.05, 0.1) is 7.11 Å². The van der Waals surface area contributed by atoms with E-state index in [9.17, 15) is 0 Å². The zero-order chi connectivity index (χ0) is 21.7. The number of hydrogen-bond acceptors (Lipinski definition) is 5. The third-order valence-corrected chi connectivity index (χ3v) is 6.89. The lowest BCUT2D eigenvalue weighted by atomic mass is 9.79. The molecule has 1 aromatic heterocycles. The number of ether oxygens (including phenoxy) is 1. The van der Waals surface area contributed by atoms with Crippen molar-refractivity contribution in [2.45, 2.75) is 50.9 Å². The number of nitrogens with one attached hydrogen (secondary N) is 2. The zero-order valence-electron chi connectivity index (χ0n) is 18.6. The second-order valence-electron chi connectivity index (χ2n) is 8.95. The van der Waals surface area contributed by atoms with Crippen molar-refractivity contribution in [1.82, 2.24) is 15.3 Å². The van der Waals surface area contributed by atoms with E-state index < -0.39 is 0 Å². The van der Waals surface area contributed by atoms with Crippen LogP contribution in [0.5, 0.6) is 5.88 Å². The van der Waals surface area contributed by atoms with Crippen molar-refractivity contribution < 1.29 is 4.74 Å². The van der Waals surface area contributed by atoms with E-state index in [0.717, 1.165) is 25.5 Å². The van der Waals surface area contributed by atoms with E-state index in [1.54, 1.807) is 7.11 Å². The summed E-state index contributed by atoms with van der Waals surface area (Å²) in [6.07, 6.45) is 7.32. The van der Waals surface area contributed by atoms with Crippen LogP contribution < -0.4 is 20.3 Å². The number of aromatic nitrogens is 2. The number of piperidine rings is 1. The molecule has 0 amide bonds. The Morgan fingerprint density at radius 2 is 1.97 bits per heavy atom. The Morgan fingerprint density at radius 3 is 2.68 bits per heavy atom. The molecule has 7 heteroatoms. The van der Waals surface area contributed by atoms with Gasteiger partial charge in [0, 0.05) is 31.1 Å². The second kappa shape index (κ2) is 9.81. The van der Waals surface area contributed by atoms with Gasteiger partial charge in [-0.05, 0) is 49.4 Å². The molecule has 2 aromatic rings. The monoisotopic (exact) mass is 439 g/mol. The van der Waals surface area contributed by atoms with Gasteiger partial charge in [0.1, 0.15) is 5.82 Å². The molecule has 1 aromatic carbocycles. The highest BCUT2D eigenvalue weighted by molar-refractivity contribution is 7.80. The van der Waals surface area contributed by atoms with E-state index in [1.165, 1.54) is 44.1 Å². The Bertz CT molecular complexity index is 885. The van der Waals surface area contributed by atoms with Crippen LogP contribution in [-0.2, 0) is 5.41 Å². The predicted molar refractivity (Wildman–Crippen MR) is 130 cm³/mol. The molecular formula is C24H33N5OS. The van der Waals surface area contributed by atoms with Gasteiger partial charge in [-0.25, -0.2) is 0 Å². The molecule has 1 unspecified atom stereocenters. The fourth-order valence-corrected chi connectivity index (χ4v) is 5.10. The van der Waals surface area contributed by atoms with Crippen molar-refractivity contribution in [3.8, 4) is 5.88 Å². The number of nitrogens with zero attached hydrogens (tertiary/aromatic N) is 3. The van der Waals surface area contributed by atoms with Crippen LogP contribution in [0.25, 0.3) is 0 Å². The molecule has 1 atom stereocenters. The van der Waals surface area contributed by atoms with Crippen LogP contribution in [-0.4, -0.2) is 41.8 Å². The molecule has 0 radical (unpaired) electrons. The molecule has 0 spiro atoms. The van der Waals surface area contributed by atoms with Gasteiger partial charge in [-0.15, -0.1) is 0 Å². The van der Waals surface area contributed by atoms with Crippen LogP contribution in [0.15, 0.2) is 36.4 Å². The minimum atomic E-state index is 0.136. The van der Waals surface area contributed by atoms with E-state index in [1.807, 2.05) is 6.07 Å². The van der Waals surface area contributed by atoms with Crippen molar-refractivity contribution in [3.63, 3.8) is 0 Å². The molecule has 1 aliphatic carbocycles. The summed E-state index contributed by atoms with van der Waals surface area (Å²) in [5, 5.41) is 7.18. The maximum atomic E-state index is 5.61. The molecule has 2 heterocycles. The minimum absolute atomic E-state index is 0.136. The fraction of sp³-hybridized carbons (Fsp3) is 0.542. The standard InChI is InChI=1S/C24H33N5OS/c1-18-9-8-14-29(16-18)20-15-21(30-2)27-22(26-20)28-23(31)25-17-24(12-6-7-13-24)19-10-4-3-5-11-19/h3-5,10-11,15,18H,6-9,12-14,16-17H2,1-2H3,(H2,25,26,27,28,31). The van der Waals surface area contributed by atoms with Crippen LogP contribution in [0.4, 0.5) is 11.8 Å². The molecule has 6 nitrogen and oxygen atoms in total. The topological polar surface area (TPSA) is 62.3 Å². The second-order valence-corrected chi connectivity index (χ2v) is 9.35. The normalized spacial score (nSPS) is 20.3. The van der Waals surface area contributed by atoms with Gasteiger partial charge in [-0.1, -0.05) is 50.1 Å². The van der Waals surface area contributed by atoms with Crippen LogP contribution in [0.2, 0.25) is 0 Å². The Morgan fingerprint density at radius 1 is 1.19 bits per heavy atom. The van der Waals surface area contributed by atoms with Crippen LogP contribution >= 0.6 is 12.2 Å². The lowest BCUT2D eigenvalue weighted by molar-refractivity contribution is 0.396. The molecule has 166 valence electrons. The number of thiocarbonyl (C=S) groups is 1. The average molecular weight is 440 g/mol. The molecule has 2 aliphatic rings. The molecular weight excluding hydrogens is 406 g/mol. The van der Waals surface area contributed by atoms with E-state index in [2.05, 4.69) is 57.8 Å². The van der Waals surface area contributed by atoms with Crippen molar-refractivity contribution in [2.75, 3.05) is 37.0 Å². The Balaban J connectivity index is 1.44. The molecule has 4 rings (SSSR count). The van der Waals surface area contributed by atoms with Crippen molar-refractivity contribution in [1.29, 1.82) is 0 Å². The maximum absolute atomic E-state index is 5.61. The number of anilines is 2. The smallest absolute Gasteiger partial charge is 0.234 e. The first-order chi connectivity index (χ1) is 15.1. The average Bonchev–Trinajstić information content (AvgIpc) is 3.28. The molecule has 0 bridgehead atoms. The third kappa shape index (κ3) is 5.26. The number of methoxy groups -OCH3 is 1. The van der Waals surface area contributed by atoms with Gasteiger partial charge in [-0.2, -0.15) is 9.97 Å². The van der Waals surface area contributed by atoms with Crippen molar-refractivity contribution in [2.24, 2.45) is 5.92 Å². The summed E-state index contributed by atoms with van der Waals surface area (Å²) in [4.78, 5) is 11.5. The summed E-state index contributed by atoms with van der Waals surface area (Å²) in [5.41, 5.74) is 1.53.